The quantitative estimate of drug-likeness (QED) is 0.821. The highest BCUT2D eigenvalue weighted by Crippen LogP contribution is 2.59. The lowest BCUT2D eigenvalue weighted by Gasteiger charge is -2.09. The molecule has 120 valence electrons. The summed E-state index contributed by atoms with van der Waals surface area (Å²) in [5, 5.41) is 12.6. The molecule has 1 aromatic rings. The number of rotatable bonds is 5. The Morgan fingerprint density at radius 2 is 2.09 bits per heavy atom. The van der Waals surface area contributed by atoms with Crippen LogP contribution in [0.25, 0.3) is 0 Å². The molecule has 2 rings (SSSR count). The Hall–Kier alpha value is -1.97. The van der Waals surface area contributed by atoms with Crippen LogP contribution in [-0.4, -0.2) is 18.1 Å². The highest BCUT2D eigenvalue weighted by molar-refractivity contribution is 5.83. The summed E-state index contributed by atoms with van der Waals surface area (Å²) < 4.78 is 5.08. The normalized spacial score (nSPS) is 21.9. The molecule has 1 aliphatic rings. The van der Waals surface area contributed by atoms with Gasteiger partial charge in [-0.1, -0.05) is 31.6 Å². The maximum atomic E-state index is 12.4. The molecule has 0 aliphatic heterocycles. The van der Waals surface area contributed by atoms with Gasteiger partial charge in [-0.15, -0.1) is 0 Å². The number of benzene rings is 1. The second kappa shape index (κ2) is 6.03. The SMILES string of the molecule is COc1cc(CNC(=O)[C@H]2[C@@H](C=C(C)C)C2(C)C)ccc1O. The molecule has 1 aromatic carbocycles. The van der Waals surface area contributed by atoms with E-state index in [1.807, 2.05) is 0 Å². The molecule has 1 saturated carbocycles. The summed E-state index contributed by atoms with van der Waals surface area (Å²) in [7, 11) is 1.51. The van der Waals surface area contributed by atoms with Crippen molar-refractivity contribution in [3.63, 3.8) is 0 Å². The molecule has 0 radical (unpaired) electrons. The number of methoxy groups -OCH3 is 1. The van der Waals surface area contributed by atoms with Crippen molar-refractivity contribution in [1.82, 2.24) is 5.32 Å². The number of phenolic OH excluding ortho intramolecular Hbond substituents is 1. The number of aromatic hydroxyl groups is 1. The predicted molar refractivity (Wildman–Crippen MR) is 86.7 cm³/mol. The molecule has 0 unspecified atom stereocenters. The fraction of sp³-hybridized carbons (Fsp3) is 0.500. The van der Waals surface area contributed by atoms with E-state index in [0.29, 0.717) is 18.2 Å². The van der Waals surface area contributed by atoms with Gasteiger partial charge in [0.2, 0.25) is 5.91 Å². The van der Waals surface area contributed by atoms with Gasteiger partial charge in [0.25, 0.3) is 0 Å². The molecule has 1 amide bonds. The third kappa shape index (κ3) is 3.26. The number of hydrogen-bond donors (Lipinski definition) is 2. The molecule has 1 aliphatic carbocycles. The van der Waals surface area contributed by atoms with Crippen LogP contribution in [0.4, 0.5) is 0 Å². The number of phenols is 1. The van der Waals surface area contributed by atoms with E-state index in [1.54, 1.807) is 18.2 Å². The van der Waals surface area contributed by atoms with Gasteiger partial charge >= 0.3 is 0 Å². The van der Waals surface area contributed by atoms with Crippen molar-refractivity contribution in [3.8, 4) is 11.5 Å². The lowest BCUT2D eigenvalue weighted by molar-refractivity contribution is -0.123. The van der Waals surface area contributed by atoms with Crippen molar-refractivity contribution < 1.29 is 14.6 Å². The largest absolute Gasteiger partial charge is 0.504 e. The molecule has 4 heteroatoms. The van der Waals surface area contributed by atoms with Crippen LogP contribution in [0.15, 0.2) is 29.8 Å². The third-order valence-electron chi connectivity index (χ3n) is 4.42. The number of nitrogens with one attached hydrogen (secondary N) is 1. The maximum absolute atomic E-state index is 12.4. The molecule has 0 bridgehead atoms. The molecule has 0 aromatic heterocycles. The van der Waals surface area contributed by atoms with E-state index >= 15 is 0 Å². The van der Waals surface area contributed by atoms with Gasteiger partial charge in [-0.2, -0.15) is 0 Å². The van der Waals surface area contributed by atoms with Crippen LogP contribution in [-0.2, 0) is 11.3 Å². The zero-order valence-corrected chi connectivity index (χ0v) is 13.9. The van der Waals surface area contributed by atoms with Crippen molar-refractivity contribution in [2.45, 2.75) is 34.2 Å². The van der Waals surface area contributed by atoms with E-state index in [2.05, 4.69) is 39.1 Å². The van der Waals surface area contributed by atoms with E-state index in [-0.39, 0.29) is 23.0 Å². The fourth-order valence-electron chi connectivity index (χ4n) is 2.98. The number of carbonyl (C=O) groups excluding carboxylic acids is 1. The van der Waals surface area contributed by atoms with Crippen LogP contribution in [0.2, 0.25) is 0 Å². The molecule has 4 nitrogen and oxygen atoms in total. The summed E-state index contributed by atoms with van der Waals surface area (Å²) in [6, 6.07) is 5.10. The zero-order chi connectivity index (χ0) is 16.5. The first kappa shape index (κ1) is 16.4. The van der Waals surface area contributed by atoms with Crippen LogP contribution in [0, 0.1) is 17.3 Å². The second-order valence-electron chi connectivity index (χ2n) is 6.79. The van der Waals surface area contributed by atoms with Crippen LogP contribution < -0.4 is 10.1 Å². The van der Waals surface area contributed by atoms with E-state index in [4.69, 9.17) is 4.74 Å². The number of ether oxygens (including phenoxy) is 1. The average Bonchev–Trinajstić information content (AvgIpc) is 2.97. The highest BCUT2D eigenvalue weighted by atomic mass is 16.5. The number of hydrogen-bond acceptors (Lipinski definition) is 3. The molecule has 2 N–H and O–H groups in total. The zero-order valence-electron chi connectivity index (χ0n) is 13.9. The number of carbonyl (C=O) groups is 1. The van der Waals surface area contributed by atoms with Crippen molar-refractivity contribution in [2.24, 2.45) is 17.3 Å². The molecule has 22 heavy (non-hydrogen) atoms. The summed E-state index contributed by atoms with van der Waals surface area (Å²) in [6.07, 6.45) is 2.19. The summed E-state index contributed by atoms with van der Waals surface area (Å²) >= 11 is 0. The Labute approximate surface area is 132 Å². The lowest BCUT2D eigenvalue weighted by atomic mass is 10.1. The van der Waals surface area contributed by atoms with E-state index in [0.717, 1.165) is 5.56 Å². The second-order valence-corrected chi connectivity index (χ2v) is 6.79. The third-order valence-corrected chi connectivity index (χ3v) is 4.42. The standard InChI is InChI=1S/C18H25NO3/c1-11(2)8-13-16(18(13,3)4)17(21)19-10-12-6-7-14(20)15(9-12)22-5/h6-9,13,16,20H,10H2,1-5H3,(H,19,21)/t13-,16-/m1/s1. The van der Waals surface area contributed by atoms with Crippen molar-refractivity contribution in [2.75, 3.05) is 7.11 Å². The smallest absolute Gasteiger partial charge is 0.224 e. The van der Waals surface area contributed by atoms with Crippen molar-refractivity contribution >= 4 is 5.91 Å². The molecule has 0 saturated heterocycles. The first-order valence-corrected chi connectivity index (χ1v) is 7.56. The monoisotopic (exact) mass is 303 g/mol. The molecular weight excluding hydrogens is 278 g/mol. The van der Waals surface area contributed by atoms with Gasteiger partial charge in [0.15, 0.2) is 11.5 Å². The van der Waals surface area contributed by atoms with Gasteiger partial charge < -0.3 is 15.2 Å². The van der Waals surface area contributed by atoms with E-state index in [9.17, 15) is 9.90 Å². The van der Waals surface area contributed by atoms with Crippen molar-refractivity contribution in [3.05, 3.63) is 35.4 Å². The fourth-order valence-corrected chi connectivity index (χ4v) is 2.98. The minimum Gasteiger partial charge on any atom is -0.504 e. The first-order valence-electron chi connectivity index (χ1n) is 7.56. The average molecular weight is 303 g/mol. The Balaban J connectivity index is 1.98. The van der Waals surface area contributed by atoms with Gasteiger partial charge in [0, 0.05) is 6.54 Å². The molecule has 0 heterocycles. The Kier molecular flexibility index (Phi) is 4.50. The van der Waals surface area contributed by atoms with E-state index < -0.39 is 0 Å². The van der Waals surface area contributed by atoms with Gasteiger partial charge in [0.05, 0.1) is 13.0 Å². The van der Waals surface area contributed by atoms with Crippen LogP contribution >= 0.6 is 0 Å². The summed E-state index contributed by atoms with van der Waals surface area (Å²) in [6.45, 7) is 8.82. The van der Waals surface area contributed by atoms with Gasteiger partial charge in [-0.25, -0.2) is 0 Å². The van der Waals surface area contributed by atoms with Crippen molar-refractivity contribution in [1.29, 1.82) is 0 Å². The lowest BCUT2D eigenvalue weighted by Crippen LogP contribution is -2.26. The number of allylic oxidation sites excluding steroid dienone is 2. The van der Waals surface area contributed by atoms with Gasteiger partial charge in [0.1, 0.15) is 0 Å². The summed E-state index contributed by atoms with van der Waals surface area (Å²) in [4.78, 5) is 12.4. The summed E-state index contributed by atoms with van der Waals surface area (Å²) in [5.74, 6) is 0.943. The minimum absolute atomic E-state index is 0.0218. The highest BCUT2D eigenvalue weighted by Gasteiger charge is 2.60. The van der Waals surface area contributed by atoms with Crippen LogP contribution in [0.5, 0.6) is 11.5 Å². The topological polar surface area (TPSA) is 58.6 Å². The van der Waals surface area contributed by atoms with Gasteiger partial charge in [-0.3, -0.25) is 4.79 Å². The molecule has 1 fully saturated rings. The van der Waals surface area contributed by atoms with Crippen LogP contribution in [0.3, 0.4) is 0 Å². The van der Waals surface area contributed by atoms with Gasteiger partial charge in [-0.05, 0) is 42.9 Å². The number of amides is 1. The van der Waals surface area contributed by atoms with E-state index in [1.165, 1.54) is 12.7 Å². The summed E-state index contributed by atoms with van der Waals surface area (Å²) in [5.41, 5.74) is 2.17. The maximum Gasteiger partial charge on any atom is 0.224 e. The Bertz CT molecular complexity index is 600. The predicted octanol–water partition coefficient (Wildman–Crippen LogP) is 3.26. The first-order chi connectivity index (χ1) is 10.3. The minimum atomic E-state index is 0.0218. The van der Waals surface area contributed by atoms with Crippen LogP contribution in [0.1, 0.15) is 33.3 Å². The molecule has 0 spiro atoms. The molecule has 2 atom stereocenters. The molecular formula is C18H25NO3. The Morgan fingerprint density at radius 1 is 1.41 bits per heavy atom. The Morgan fingerprint density at radius 3 is 2.68 bits per heavy atom.